The van der Waals surface area contributed by atoms with E-state index in [0.29, 0.717) is 0 Å². The summed E-state index contributed by atoms with van der Waals surface area (Å²) < 4.78 is 2.54. The van der Waals surface area contributed by atoms with Crippen LogP contribution in [0, 0.1) is 31.6 Å². The molecule has 2 aromatic heterocycles. The Bertz CT molecular complexity index is 756. The highest BCUT2D eigenvalue weighted by Gasteiger charge is 2.53. The zero-order valence-electron chi connectivity index (χ0n) is 14.6. The minimum absolute atomic E-state index is 0.260. The molecule has 4 fully saturated rings. The van der Waals surface area contributed by atoms with Crippen molar-refractivity contribution in [2.24, 2.45) is 17.8 Å². The Labute approximate surface area is 151 Å². The maximum Gasteiger partial charge on any atom is 0.191 e. The Hall–Kier alpha value is -0.880. The lowest BCUT2D eigenvalue weighted by molar-refractivity contribution is -0.0464. The maximum absolute atomic E-state index is 4.65. The van der Waals surface area contributed by atoms with Gasteiger partial charge >= 0.3 is 0 Å². The van der Waals surface area contributed by atoms with Gasteiger partial charge in [0.25, 0.3) is 0 Å². The standard InChI is InChI=1S/C18H24N4S2/c1-10-15(24-11(2)19-10)16-20-21-17(23-3)22(16)18-7-12-4-13(8-18)6-14(5-12)9-18/h12-14H,4-9H2,1-3H3. The SMILES string of the molecule is CSc1nnc(-c2sc(C)nc2C)n1C12CC3CC(CC(C3)C1)C2. The van der Waals surface area contributed by atoms with Crippen molar-refractivity contribution in [3.05, 3.63) is 10.7 Å². The van der Waals surface area contributed by atoms with Gasteiger partial charge in [-0.15, -0.1) is 21.5 Å². The maximum atomic E-state index is 4.65. The lowest BCUT2D eigenvalue weighted by Gasteiger charge is -2.57. The number of aryl methyl sites for hydroxylation is 2. The van der Waals surface area contributed by atoms with Crippen LogP contribution < -0.4 is 0 Å². The summed E-state index contributed by atoms with van der Waals surface area (Å²) in [4.78, 5) is 5.86. The number of rotatable bonds is 3. The van der Waals surface area contributed by atoms with E-state index < -0.39 is 0 Å². The van der Waals surface area contributed by atoms with Crippen LogP contribution in [0.25, 0.3) is 10.7 Å². The Morgan fingerprint density at radius 2 is 1.67 bits per heavy atom. The van der Waals surface area contributed by atoms with Crippen molar-refractivity contribution in [1.29, 1.82) is 0 Å². The summed E-state index contributed by atoms with van der Waals surface area (Å²) in [6.07, 6.45) is 10.5. The summed E-state index contributed by atoms with van der Waals surface area (Å²) in [5, 5.41) is 11.4. The number of thiazole rings is 1. The summed E-state index contributed by atoms with van der Waals surface area (Å²) in [6.45, 7) is 4.19. The largest absolute Gasteiger partial charge is 0.295 e. The quantitative estimate of drug-likeness (QED) is 0.746. The molecule has 4 aliphatic rings. The highest BCUT2D eigenvalue weighted by atomic mass is 32.2. The van der Waals surface area contributed by atoms with Gasteiger partial charge in [-0.1, -0.05) is 11.8 Å². The second-order valence-corrected chi connectivity index (χ2v) is 10.1. The Kier molecular flexibility index (Phi) is 3.40. The first-order valence-corrected chi connectivity index (χ1v) is 11.1. The molecule has 0 saturated heterocycles. The van der Waals surface area contributed by atoms with Gasteiger partial charge in [-0.25, -0.2) is 4.98 Å². The van der Waals surface area contributed by atoms with E-state index in [1.165, 1.54) is 43.4 Å². The fourth-order valence-corrected chi connectivity index (χ4v) is 7.53. The molecule has 0 amide bonds. The predicted molar refractivity (Wildman–Crippen MR) is 98.5 cm³/mol. The minimum atomic E-state index is 0.260. The summed E-state index contributed by atoms with van der Waals surface area (Å²) in [5.74, 6) is 3.84. The monoisotopic (exact) mass is 360 g/mol. The van der Waals surface area contributed by atoms with Gasteiger partial charge in [0.05, 0.1) is 15.6 Å². The zero-order chi connectivity index (χ0) is 16.5. The smallest absolute Gasteiger partial charge is 0.191 e. The van der Waals surface area contributed by atoms with Gasteiger partial charge in [-0.2, -0.15) is 0 Å². The fourth-order valence-electron chi connectivity index (χ4n) is 6.05. The minimum Gasteiger partial charge on any atom is -0.295 e. The van der Waals surface area contributed by atoms with Crippen LogP contribution in [-0.2, 0) is 5.54 Å². The molecule has 2 heterocycles. The van der Waals surface area contributed by atoms with E-state index >= 15 is 0 Å². The second kappa shape index (κ2) is 5.31. The first-order chi connectivity index (χ1) is 11.6. The average molecular weight is 361 g/mol. The van der Waals surface area contributed by atoms with Gasteiger partial charge in [0.2, 0.25) is 0 Å². The van der Waals surface area contributed by atoms with E-state index in [0.717, 1.165) is 39.4 Å². The fraction of sp³-hybridized carbons (Fsp3) is 0.722. The van der Waals surface area contributed by atoms with Crippen molar-refractivity contribution < 1.29 is 0 Å². The molecular weight excluding hydrogens is 336 g/mol. The van der Waals surface area contributed by atoms with Crippen LogP contribution in [0.5, 0.6) is 0 Å². The van der Waals surface area contributed by atoms with Gasteiger partial charge in [-0.3, -0.25) is 4.57 Å². The van der Waals surface area contributed by atoms with Gasteiger partial charge in [0.1, 0.15) is 0 Å². The van der Waals surface area contributed by atoms with Crippen molar-refractivity contribution in [3.8, 4) is 10.7 Å². The molecule has 4 aliphatic carbocycles. The molecule has 128 valence electrons. The van der Waals surface area contributed by atoms with Gasteiger partial charge in [0, 0.05) is 5.54 Å². The normalized spacial score (nSPS) is 34.2. The summed E-state index contributed by atoms with van der Waals surface area (Å²) >= 11 is 3.51. The topological polar surface area (TPSA) is 43.6 Å². The van der Waals surface area contributed by atoms with Crippen LogP contribution in [0.15, 0.2) is 5.16 Å². The van der Waals surface area contributed by atoms with Crippen molar-refractivity contribution in [2.45, 2.75) is 63.1 Å². The molecule has 0 aromatic carbocycles. The molecule has 2 aromatic rings. The highest BCUT2D eigenvalue weighted by molar-refractivity contribution is 7.98. The van der Waals surface area contributed by atoms with E-state index in [1.807, 2.05) is 0 Å². The van der Waals surface area contributed by atoms with Crippen molar-refractivity contribution in [3.63, 3.8) is 0 Å². The van der Waals surface area contributed by atoms with E-state index in [2.05, 4.69) is 39.9 Å². The molecule has 0 aliphatic heterocycles. The molecule has 4 saturated carbocycles. The van der Waals surface area contributed by atoms with Crippen molar-refractivity contribution in [2.75, 3.05) is 6.26 Å². The third kappa shape index (κ3) is 2.15. The van der Waals surface area contributed by atoms with E-state index in [9.17, 15) is 0 Å². The summed E-state index contributed by atoms with van der Waals surface area (Å²) in [6, 6.07) is 0. The third-order valence-corrected chi connectivity index (χ3v) is 8.10. The van der Waals surface area contributed by atoms with Gasteiger partial charge < -0.3 is 0 Å². The van der Waals surface area contributed by atoms with Crippen LogP contribution in [0.3, 0.4) is 0 Å². The van der Waals surface area contributed by atoms with Gasteiger partial charge in [-0.05, 0) is 76.4 Å². The second-order valence-electron chi connectivity index (χ2n) is 8.14. The first-order valence-electron chi connectivity index (χ1n) is 9.02. The third-order valence-electron chi connectivity index (χ3n) is 6.40. The predicted octanol–water partition coefficient (Wildman–Crippen LogP) is 4.67. The Morgan fingerprint density at radius 3 is 2.17 bits per heavy atom. The van der Waals surface area contributed by atoms with Crippen LogP contribution in [-0.4, -0.2) is 26.0 Å². The Morgan fingerprint density at radius 1 is 1.04 bits per heavy atom. The Balaban J connectivity index is 1.68. The van der Waals surface area contributed by atoms with Crippen LogP contribution in [0.4, 0.5) is 0 Å². The van der Waals surface area contributed by atoms with Crippen molar-refractivity contribution in [1.82, 2.24) is 19.7 Å². The molecule has 4 bridgehead atoms. The lowest BCUT2D eigenvalue weighted by Crippen LogP contribution is -2.52. The molecule has 0 N–H and O–H groups in total. The van der Waals surface area contributed by atoms with Crippen LogP contribution in [0.2, 0.25) is 0 Å². The number of hydrogen-bond acceptors (Lipinski definition) is 5. The van der Waals surface area contributed by atoms with Crippen LogP contribution in [0.1, 0.15) is 49.2 Å². The van der Waals surface area contributed by atoms with E-state index in [4.69, 9.17) is 0 Å². The molecule has 0 spiro atoms. The molecule has 0 atom stereocenters. The molecule has 0 radical (unpaired) electrons. The number of thioether (sulfide) groups is 1. The number of aromatic nitrogens is 4. The molecule has 24 heavy (non-hydrogen) atoms. The lowest BCUT2D eigenvalue weighted by atomic mass is 9.53. The zero-order valence-corrected chi connectivity index (χ0v) is 16.2. The highest BCUT2D eigenvalue weighted by Crippen LogP contribution is 2.60. The molecule has 4 nitrogen and oxygen atoms in total. The van der Waals surface area contributed by atoms with Crippen LogP contribution >= 0.6 is 23.1 Å². The summed E-state index contributed by atoms with van der Waals surface area (Å²) in [7, 11) is 0. The molecule has 6 rings (SSSR count). The number of nitrogens with zero attached hydrogens (tertiary/aromatic N) is 4. The van der Waals surface area contributed by atoms with Crippen molar-refractivity contribution >= 4 is 23.1 Å². The molecule has 6 heteroatoms. The average Bonchev–Trinajstić information content (AvgIpc) is 3.08. The molecular formula is C18H24N4S2. The summed E-state index contributed by atoms with van der Waals surface area (Å²) in [5.41, 5.74) is 1.36. The van der Waals surface area contributed by atoms with E-state index in [-0.39, 0.29) is 5.54 Å². The molecule has 0 unspecified atom stereocenters. The van der Waals surface area contributed by atoms with Gasteiger partial charge in [0.15, 0.2) is 11.0 Å². The first kappa shape index (κ1) is 15.4. The van der Waals surface area contributed by atoms with E-state index in [1.54, 1.807) is 23.1 Å². The number of hydrogen-bond donors (Lipinski definition) is 0.